The molecule has 1 saturated carbocycles. The molecule has 0 aromatic heterocycles. The Morgan fingerprint density at radius 3 is 2.67 bits per heavy atom. The van der Waals surface area contributed by atoms with Gasteiger partial charge in [0.2, 0.25) is 0 Å². The van der Waals surface area contributed by atoms with E-state index in [4.69, 9.17) is 0 Å². The van der Waals surface area contributed by atoms with Gasteiger partial charge in [-0.2, -0.15) is 0 Å². The first-order chi connectivity index (χ1) is 7.29. The molecule has 1 heterocycles. The summed E-state index contributed by atoms with van der Waals surface area (Å²) in [7, 11) is 0. The Labute approximate surface area is 93.5 Å². The highest BCUT2D eigenvalue weighted by atomic mass is 16.3. The molecule has 0 amide bonds. The molecule has 0 aromatic rings. The summed E-state index contributed by atoms with van der Waals surface area (Å²) in [6.07, 6.45) is 10.9. The number of rotatable bonds is 2. The van der Waals surface area contributed by atoms with Gasteiger partial charge in [0.25, 0.3) is 0 Å². The molecule has 2 N–H and O–H groups in total. The van der Waals surface area contributed by atoms with Crippen molar-refractivity contribution in [3.63, 3.8) is 0 Å². The van der Waals surface area contributed by atoms with Crippen LogP contribution in [0.4, 0.5) is 0 Å². The molecule has 0 radical (unpaired) electrons. The number of nitrogens with one attached hydrogen (secondary N) is 1. The molecule has 1 saturated heterocycles. The topological polar surface area (TPSA) is 32.3 Å². The summed E-state index contributed by atoms with van der Waals surface area (Å²) in [5.74, 6) is 0.718. The third kappa shape index (κ3) is 3.46. The lowest BCUT2D eigenvalue weighted by molar-refractivity contribution is -0.0180. The average molecular weight is 211 g/mol. The van der Waals surface area contributed by atoms with E-state index in [9.17, 15) is 5.11 Å². The summed E-state index contributed by atoms with van der Waals surface area (Å²) >= 11 is 0. The lowest BCUT2D eigenvalue weighted by atomic mass is 9.78. The van der Waals surface area contributed by atoms with Crippen LogP contribution >= 0.6 is 0 Å². The Morgan fingerprint density at radius 1 is 1.07 bits per heavy atom. The van der Waals surface area contributed by atoms with Crippen LogP contribution in [0.15, 0.2) is 0 Å². The van der Waals surface area contributed by atoms with Crippen LogP contribution in [0.5, 0.6) is 0 Å². The maximum absolute atomic E-state index is 10.5. The van der Waals surface area contributed by atoms with E-state index in [1.807, 2.05) is 0 Å². The monoisotopic (exact) mass is 211 g/mol. The summed E-state index contributed by atoms with van der Waals surface area (Å²) < 4.78 is 0. The molecule has 1 aliphatic heterocycles. The first kappa shape index (κ1) is 11.4. The molecule has 1 aliphatic carbocycles. The molecule has 2 aliphatic rings. The average Bonchev–Trinajstić information content (AvgIpc) is 2.47. The van der Waals surface area contributed by atoms with E-state index in [2.05, 4.69) is 5.32 Å². The summed E-state index contributed by atoms with van der Waals surface area (Å²) in [6, 6.07) is 0. The van der Waals surface area contributed by atoms with Crippen molar-refractivity contribution < 1.29 is 5.11 Å². The molecular formula is C13H25NO. The zero-order valence-corrected chi connectivity index (χ0v) is 9.80. The van der Waals surface area contributed by atoms with E-state index in [0.717, 1.165) is 31.7 Å². The molecule has 1 unspecified atom stereocenters. The Hall–Kier alpha value is -0.0800. The van der Waals surface area contributed by atoms with Crippen LogP contribution < -0.4 is 5.32 Å². The van der Waals surface area contributed by atoms with Crippen molar-refractivity contribution in [3.8, 4) is 0 Å². The highest BCUT2D eigenvalue weighted by molar-refractivity contribution is 4.85. The SMILES string of the molecule is OC1(CC2CCCCNC2)CCCCC1. The van der Waals surface area contributed by atoms with Crippen LogP contribution in [0.2, 0.25) is 0 Å². The van der Waals surface area contributed by atoms with E-state index < -0.39 is 0 Å². The summed E-state index contributed by atoms with van der Waals surface area (Å²) in [5.41, 5.74) is -0.311. The third-order valence-electron chi connectivity index (χ3n) is 4.10. The Balaban J connectivity index is 1.82. The predicted octanol–water partition coefficient (Wildman–Crippen LogP) is 2.46. The second kappa shape index (κ2) is 5.31. The molecule has 2 fully saturated rings. The van der Waals surface area contributed by atoms with Gasteiger partial charge < -0.3 is 10.4 Å². The molecule has 88 valence electrons. The molecule has 2 rings (SSSR count). The van der Waals surface area contributed by atoms with Crippen molar-refractivity contribution in [2.75, 3.05) is 13.1 Å². The fraction of sp³-hybridized carbons (Fsp3) is 1.00. The van der Waals surface area contributed by atoms with Gasteiger partial charge >= 0.3 is 0 Å². The number of hydrogen-bond acceptors (Lipinski definition) is 2. The predicted molar refractivity (Wildman–Crippen MR) is 62.9 cm³/mol. The molecule has 2 heteroatoms. The second-order valence-corrected chi connectivity index (χ2v) is 5.56. The molecule has 2 nitrogen and oxygen atoms in total. The minimum Gasteiger partial charge on any atom is -0.390 e. The van der Waals surface area contributed by atoms with E-state index >= 15 is 0 Å². The van der Waals surface area contributed by atoms with Crippen LogP contribution in [0.25, 0.3) is 0 Å². The summed E-state index contributed by atoms with van der Waals surface area (Å²) in [4.78, 5) is 0. The van der Waals surface area contributed by atoms with Gasteiger partial charge in [0.05, 0.1) is 5.60 Å². The van der Waals surface area contributed by atoms with Gasteiger partial charge in [-0.1, -0.05) is 25.7 Å². The lowest BCUT2D eigenvalue weighted by Crippen LogP contribution is -2.36. The Kier molecular flexibility index (Phi) is 4.04. The normalized spacial score (nSPS) is 32.2. The summed E-state index contributed by atoms with van der Waals surface area (Å²) in [6.45, 7) is 2.30. The van der Waals surface area contributed by atoms with Crippen molar-refractivity contribution in [1.82, 2.24) is 5.32 Å². The van der Waals surface area contributed by atoms with Crippen LogP contribution in [0, 0.1) is 5.92 Å². The van der Waals surface area contributed by atoms with Crippen LogP contribution in [0.3, 0.4) is 0 Å². The van der Waals surface area contributed by atoms with Gasteiger partial charge in [0, 0.05) is 0 Å². The minimum absolute atomic E-state index is 0.311. The third-order valence-corrected chi connectivity index (χ3v) is 4.10. The molecular weight excluding hydrogens is 186 g/mol. The van der Waals surface area contributed by atoms with Crippen LogP contribution in [-0.2, 0) is 0 Å². The van der Waals surface area contributed by atoms with E-state index in [1.54, 1.807) is 0 Å². The van der Waals surface area contributed by atoms with Gasteiger partial charge in [-0.25, -0.2) is 0 Å². The lowest BCUT2D eigenvalue weighted by Gasteiger charge is -2.35. The van der Waals surface area contributed by atoms with Crippen molar-refractivity contribution in [3.05, 3.63) is 0 Å². The molecule has 0 aromatic carbocycles. The molecule has 0 bridgehead atoms. The number of aliphatic hydroxyl groups is 1. The van der Waals surface area contributed by atoms with Crippen molar-refractivity contribution in [1.29, 1.82) is 0 Å². The Bertz CT molecular complexity index is 179. The zero-order valence-electron chi connectivity index (χ0n) is 9.80. The fourth-order valence-electron chi connectivity index (χ4n) is 3.22. The van der Waals surface area contributed by atoms with E-state index in [1.165, 1.54) is 45.1 Å². The zero-order chi connectivity index (χ0) is 10.6. The quantitative estimate of drug-likeness (QED) is 0.735. The maximum Gasteiger partial charge on any atom is 0.0651 e. The minimum atomic E-state index is -0.311. The number of hydrogen-bond donors (Lipinski definition) is 2. The first-order valence-corrected chi connectivity index (χ1v) is 6.72. The standard InChI is InChI=1S/C13H25NO/c15-13(7-3-1-4-8-13)10-12-6-2-5-9-14-11-12/h12,14-15H,1-11H2. The summed E-state index contributed by atoms with van der Waals surface area (Å²) in [5, 5.41) is 14.0. The maximum atomic E-state index is 10.5. The highest BCUT2D eigenvalue weighted by Crippen LogP contribution is 2.34. The first-order valence-electron chi connectivity index (χ1n) is 6.72. The van der Waals surface area contributed by atoms with E-state index in [0.29, 0.717) is 0 Å². The van der Waals surface area contributed by atoms with Crippen LogP contribution in [0.1, 0.15) is 57.8 Å². The fourth-order valence-corrected chi connectivity index (χ4v) is 3.22. The van der Waals surface area contributed by atoms with Crippen molar-refractivity contribution >= 4 is 0 Å². The molecule has 0 spiro atoms. The van der Waals surface area contributed by atoms with E-state index in [-0.39, 0.29) is 5.60 Å². The second-order valence-electron chi connectivity index (χ2n) is 5.56. The van der Waals surface area contributed by atoms with Crippen molar-refractivity contribution in [2.45, 2.75) is 63.4 Å². The van der Waals surface area contributed by atoms with Gasteiger partial charge in [0.15, 0.2) is 0 Å². The van der Waals surface area contributed by atoms with Crippen LogP contribution in [-0.4, -0.2) is 23.8 Å². The van der Waals surface area contributed by atoms with Gasteiger partial charge in [-0.15, -0.1) is 0 Å². The highest BCUT2D eigenvalue weighted by Gasteiger charge is 2.31. The van der Waals surface area contributed by atoms with Gasteiger partial charge in [0.1, 0.15) is 0 Å². The van der Waals surface area contributed by atoms with Gasteiger partial charge in [-0.3, -0.25) is 0 Å². The molecule has 15 heavy (non-hydrogen) atoms. The Morgan fingerprint density at radius 2 is 1.87 bits per heavy atom. The largest absolute Gasteiger partial charge is 0.390 e. The van der Waals surface area contributed by atoms with Gasteiger partial charge in [-0.05, 0) is 51.1 Å². The molecule has 1 atom stereocenters. The smallest absolute Gasteiger partial charge is 0.0651 e. The van der Waals surface area contributed by atoms with Crippen molar-refractivity contribution in [2.24, 2.45) is 5.92 Å².